The van der Waals surface area contributed by atoms with Crippen LogP contribution in [0.4, 0.5) is 0 Å². The van der Waals surface area contributed by atoms with Crippen LogP contribution in [-0.4, -0.2) is 14.1 Å². The highest BCUT2D eigenvalue weighted by Crippen LogP contribution is 2.34. The van der Waals surface area contributed by atoms with Crippen LogP contribution in [0.25, 0.3) is 61.3 Å². The molecule has 0 bridgehead atoms. The summed E-state index contributed by atoms with van der Waals surface area (Å²) in [6.07, 6.45) is 8.37. The Bertz CT molecular complexity index is 1930. The number of benzene rings is 4. The van der Waals surface area contributed by atoms with Gasteiger partial charge < -0.3 is 14.9 Å². The van der Waals surface area contributed by atoms with E-state index in [2.05, 4.69) is 124 Å². The maximum absolute atomic E-state index is 5.81. The monoisotopic (exact) mass is 504 g/mol. The summed E-state index contributed by atoms with van der Waals surface area (Å²) in [5.41, 5.74) is 16.4. The Balaban J connectivity index is 1.28. The van der Waals surface area contributed by atoms with Gasteiger partial charge >= 0.3 is 0 Å². The van der Waals surface area contributed by atoms with E-state index in [9.17, 15) is 0 Å². The predicted molar refractivity (Wildman–Crippen MR) is 163 cm³/mol. The van der Waals surface area contributed by atoms with Crippen molar-refractivity contribution in [2.24, 2.45) is 5.73 Å². The highest BCUT2D eigenvalue weighted by Gasteiger charge is 2.16. The minimum Gasteiger partial charge on any atom is -0.405 e. The fourth-order valence-electron chi connectivity index (χ4n) is 5.95. The SMILES string of the molecule is CCc1c(/C=C\N)c2ccccc2n1-c1ccc(-c2ccc(-n3c4ccccc4c4ccncc43)cc2)cc1. The second-order valence-electron chi connectivity index (χ2n) is 9.76. The Morgan fingerprint density at radius 3 is 1.85 bits per heavy atom. The van der Waals surface area contributed by atoms with Crippen molar-refractivity contribution in [3.8, 4) is 22.5 Å². The molecule has 0 saturated carbocycles. The van der Waals surface area contributed by atoms with E-state index in [0.29, 0.717) is 0 Å². The van der Waals surface area contributed by atoms with Crippen molar-refractivity contribution < 1.29 is 0 Å². The fourth-order valence-corrected chi connectivity index (χ4v) is 5.95. The van der Waals surface area contributed by atoms with Gasteiger partial charge in [-0.05, 0) is 72.3 Å². The van der Waals surface area contributed by atoms with Gasteiger partial charge in [0.25, 0.3) is 0 Å². The first-order chi connectivity index (χ1) is 19.3. The lowest BCUT2D eigenvalue weighted by atomic mass is 10.0. The molecule has 4 nitrogen and oxygen atoms in total. The smallest absolute Gasteiger partial charge is 0.0724 e. The van der Waals surface area contributed by atoms with Gasteiger partial charge in [-0.15, -0.1) is 0 Å². The van der Waals surface area contributed by atoms with Gasteiger partial charge in [0.1, 0.15) is 0 Å². The van der Waals surface area contributed by atoms with E-state index >= 15 is 0 Å². The molecule has 0 unspecified atom stereocenters. The number of hydrogen-bond acceptors (Lipinski definition) is 2. The van der Waals surface area contributed by atoms with Crippen LogP contribution < -0.4 is 5.73 Å². The molecule has 4 aromatic carbocycles. The first-order valence-corrected chi connectivity index (χ1v) is 13.3. The van der Waals surface area contributed by atoms with E-state index in [1.54, 1.807) is 6.20 Å². The zero-order chi connectivity index (χ0) is 26.3. The largest absolute Gasteiger partial charge is 0.405 e. The topological polar surface area (TPSA) is 48.8 Å². The lowest BCUT2D eigenvalue weighted by Gasteiger charge is -2.12. The van der Waals surface area contributed by atoms with E-state index in [-0.39, 0.29) is 0 Å². The molecule has 0 aliphatic rings. The maximum atomic E-state index is 5.81. The Kier molecular flexibility index (Phi) is 5.52. The third kappa shape index (κ3) is 3.64. The number of aromatic nitrogens is 3. The maximum Gasteiger partial charge on any atom is 0.0724 e. The average molecular weight is 505 g/mol. The summed E-state index contributed by atoms with van der Waals surface area (Å²) in [6, 6.07) is 36.8. The molecule has 2 N–H and O–H groups in total. The number of hydrogen-bond donors (Lipinski definition) is 1. The van der Waals surface area contributed by atoms with E-state index in [1.165, 1.54) is 49.6 Å². The molecule has 0 amide bonds. The van der Waals surface area contributed by atoms with Crippen molar-refractivity contribution in [2.45, 2.75) is 13.3 Å². The number of rotatable bonds is 5. The number of pyridine rings is 1. The Morgan fingerprint density at radius 2 is 1.21 bits per heavy atom. The van der Waals surface area contributed by atoms with Crippen LogP contribution in [0.5, 0.6) is 0 Å². The number of para-hydroxylation sites is 2. The molecule has 0 spiro atoms. The van der Waals surface area contributed by atoms with Gasteiger partial charge in [0.05, 0.1) is 22.7 Å². The molecular weight excluding hydrogens is 476 g/mol. The van der Waals surface area contributed by atoms with Gasteiger partial charge in [0.2, 0.25) is 0 Å². The summed E-state index contributed by atoms with van der Waals surface area (Å²) >= 11 is 0. The Labute approximate surface area is 227 Å². The highest BCUT2D eigenvalue weighted by atomic mass is 15.0. The zero-order valence-electron chi connectivity index (χ0n) is 21.8. The molecule has 39 heavy (non-hydrogen) atoms. The van der Waals surface area contributed by atoms with Crippen LogP contribution in [0.3, 0.4) is 0 Å². The third-order valence-corrected chi connectivity index (χ3v) is 7.67. The van der Waals surface area contributed by atoms with Gasteiger partial charge in [-0.2, -0.15) is 0 Å². The normalized spacial score (nSPS) is 11.8. The van der Waals surface area contributed by atoms with Gasteiger partial charge in [-0.3, -0.25) is 4.98 Å². The minimum atomic E-state index is 0.913. The lowest BCUT2D eigenvalue weighted by molar-refractivity contribution is 0.957. The van der Waals surface area contributed by atoms with Crippen molar-refractivity contribution in [2.75, 3.05) is 0 Å². The molecule has 0 saturated heterocycles. The number of nitrogens with zero attached hydrogens (tertiary/aromatic N) is 3. The summed E-state index contributed by atoms with van der Waals surface area (Å²) < 4.78 is 4.65. The average Bonchev–Trinajstić information content (AvgIpc) is 3.50. The fraction of sp³-hybridized carbons (Fsp3) is 0.0571. The molecule has 0 aliphatic heterocycles. The van der Waals surface area contributed by atoms with Gasteiger partial charge in [-0.25, -0.2) is 0 Å². The molecule has 188 valence electrons. The molecule has 0 atom stereocenters. The van der Waals surface area contributed by atoms with Crippen LogP contribution in [0.1, 0.15) is 18.2 Å². The zero-order valence-corrected chi connectivity index (χ0v) is 21.8. The molecule has 0 aliphatic carbocycles. The van der Waals surface area contributed by atoms with Gasteiger partial charge in [0, 0.05) is 45.0 Å². The molecule has 7 rings (SSSR count). The van der Waals surface area contributed by atoms with Gasteiger partial charge in [-0.1, -0.05) is 67.6 Å². The quantitative estimate of drug-likeness (QED) is 0.256. The van der Waals surface area contributed by atoms with Crippen molar-refractivity contribution in [3.63, 3.8) is 0 Å². The van der Waals surface area contributed by atoms with Gasteiger partial charge in [0.15, 0.2) is 0 Å². The molecule has 7 aromatic rings. The molecule has 4 heteroatoms. The Morgan fingerprint density at radius 1 is 0.641 bits per heavy atom. The molecule has 3 heterocycles. The summed E-state index contributed by atoms with van der Waals surface area (Å²) in [7, 11) is 0. The Hall–Kier alpha value is -5.09. The second-order valence-corrected chi connectivity index (χ2v) is 9.76. The van der Waals surface area contributed by atoms with E-state index in [4.69, 9.17) is 5.73 Å². The number of nitrogens with two attached hydrogens (primary N) is 1. The summed E-state index contributed by atoms with van der Waals surface area (Å²) in [4.78, 5) is 4.40. The third-order valence-electron chi connectivity index (χ3n) is 7.67. The predicted octanol–water partition coefficient (Wildman–Crippen LogP) is 8.28. The van der Waals surface area contributed by atoms with Crippen molar-refractivity contribution in [3.05, 3.63) is 133 Å². The van der Waals surface area contributed by atoms with Crippen LogP contribution in [0, 0.1) is 0 Å². The van der Waals surface area contributed by atoms with Crippen LogP contribution in [0.15, 0.2) is 122 Å². The van der Waals surface area contributed by atoms with E-state index in [1.807, 2.05) is 18.5 Å². The van der Waals surface area contributed by atoms with Crippen LogP contribution in [-0.2, 0) is 6.42 Å². The van der Waals surface area contributed by atoms with Crippen LogP contribution in [0.2, 0.25) is 0 Å². The molecule has 3 aromatic heterocycles. The first-order valence-electron chi connectivity index (χ1n) is 13.3. The van der Waals surface area contributed by atoms with E-state index < -0.39 is 0 Å². The van der Waals surface area contributed by atoms with Crippen molar-refractivity contribution >= 4 is 38.8 Å². The summed E-state index contributed by atoms with van der Waals surface area (Å²) in [6.45, 7) is 2.20. The second kappa shape index (κ2) is 9.34. The molecule has 0 fully saturated rings. The standard InChI is InChI=1S/C35H28N4/c1-2-32-30(19-21-36)28-7-3-5-9-33(28)38(32)26-15-11-24(12-16-26)25-13-17-27(18-14-25)39-34-10-6-4-8-29(34)31-20-22-37-23-35(31)39/h3-23H,2,36H2,1H3/b21-19-. The summed E-state index contributed by atoms with van der Waals surface area (Å²) in [5, 5.41) is 3.67. The number of fused-ring (bicyclic) bond motifs is 4. The van der Waals surface area contributed by atoms with Crippen molar-refractivity contribution in [1.29, 1.82) is 0 Å². The lowest BCUT2D eigenvalue weighted by Crippen LogP contribution is -2.00. The van der Waals surface area contributed by atoms with Crippen molar-refractivity contribution in [1.82, 2.24) is 14.1 Å². The summed E-state index contributed by atoms with van der Waals surface area (Å²) in [5.74, 6) is 0. The van der Waals surface area contributed by atoms with Crippen LogP contribution >= 0.6 is 0 Å². The minimum absolute atomic E-state index is 0.913. The molecular formula is C35H28N4. The molecule has 0 radical (unpaired) electrons. The highest BCUT2D eigenvalue weighted by molar-refractivity contribution is 6.08. The van der Waals surface area contributed by atoms with E-state index in [0.717, 1.165) is 23.3 Å². The first kappa shape index (κ1) is 23.1.